The van der Waals surface area contributed by atoms with E-state index in [1.54, 1.807) is 43.3 Å². The second-order valence-corrected chi connectivity index (χ2v) is 7.34. The van der Waals surface area contributed by atoms with Crippen molar-refractivity contribution in [3.63, 3.8) is 0 Å². The molecular formula is C23H22ClFN2O6. The first-order valence-electron chi connectivity index (χ1n) is 9.83. The molecule has 0 spiro atoms. The van der Waals surface area contributed by atoms with Gasteiger partial charge in [-0.05, 0) is 43.3 Å². The molecule has 1 atom stereocenters. The Labute approximate surface area is 194 Å². The second-order valence-electron chi connectivity index (χ2n) is 6.90. The maximum absolute atomic E-state index is 15.1. The number of alkyl halides is 1. The third kappa shape index (κ3) is 6.01. The largest absolute Gasteiger partial charge is 0.487 e. The van der Waals surface area contributed by atoms with Crippen LogP contribution in [-0.4, -0.2) is 42.7 Å². The molecule has 1 heterocycles. The SMILES string of the molecule is COC(=O)CN(C(=O)OC)C(F)c1cccc(OCc2nc(-c3ccc(Cl)cc3)oc2C)c1. The van der Waals surface area contributed by atoms with E-state index >= 15 is 4.39 Å². The summed E-state index contributed by atoms with van der Waals surface area (Å²) < 4.78 is 35.7. The minimum atomic E-state index is -1.95. The number of halogens is 2. The van der Waals surface area contributed by atoms with Gasteiger partial charge in [-0.1, -0.05) is 23.7 Å². The van der Waals surface area contributed by atoms with Crippen molar-refractivity contribution in [2.45, 2.75) is 19.8 Å². The number of esters is 1. The summed E-state index contributed by atoms with van der Waals surface area (Å²) in [5.41, 5.74) is 1.44. The molecule has 2 aromatic carbocycles. The third-order valence-corrected chi connectivity index (χ3v) is 4.95. The second kappa shape index (κ2) is 10.8. The predicted molar refractivity (Wildman–Crippen MR) is 117 cm³/mol. The van der Waals surface area contributed by atoms with Crippen LogP contribution in [-0.2, 0) is 20.9 Å². The molecule has 33 heavy (non-hydrogen) atoms. The topological polar surface area (TPSA) is 91.1 Å². The highest BCUT2D eigenvalue weighted by Crippen LogP contribution is 2.28. The van der Waals surface area contributed by atoms with Crippen molar-refractivity contribution in [1.82, 2.24) is 9.88 Å². The van der Waals surface area contributed by atoms with Crippen LogP contribution in [0.1, 0.15) is 23.3 Å². The van der Waals surface area contributed by atoms with Crippen molar-refractivity contribution in [1.29, 1.82) is 0 Å². The van der Waals surface area contributed by atoms with Gasteiger partial charge >= 0.3 is 12.1 Å². The van der Waals surface area contributed by atoms with Gasteiger partial charge in [0, 0.05) is 16.1 Å². The van der Waals surface area contributed by atoms with Crippen LogP contribution in [0.4, 0.5) is 9.18 Å². The minimum absolute atomic E-state index is 0.0756. The maximum Gasteiger partial charge on any atom is 0.412 e. The van der Waals surface area contributed by atoms with E-state index in [1.807, 2.05) is 0 Å². The van der Waals surface area contributed by atoms with Gasteiger partial charge in [0.25, 0.3) is 0 Å². The lowest BCUT2D eigenvalue weighted by Gasteiger charge is -2.24. The Bertz CT molecular complexity index is 1120. The lowest BCUT2D eigenvalue weighted by atomic mass is 10.2. The van der Waals surface area contributed by atoms with E-state index in [0.29, 0.717) is 33.0 Å². The third-order valence-electron chi connectivity index (χ3n) is 4.70. The number of rotatable bonds is 8. The highest BCUT2D eigenvalue weighted by Gasteiger charge is 2.28. The number of methoxy groups -OCH3 is 2. The summed E-state index contributed by atoms with van der Waals surface area (Å²) in [5.74, 6) is 0.563. The van der Waals surface area contributed by atoms with Gasteiger partial charge in [0.1, 0.15) is 30.4 Å². The van der Waals surface area contributed by atoms with Gasteiger partial charge in [-0.15, -0.1) is 0 Å². The molecule has 0 aliphatic heterocycles. The summed E-state index contributed by atoms with van der Waals surface area (Å²) in [6.45, 7) is 1.23. The minimum Gasteiger partial charge on any atom is -0.487 e. The van der Waals surface area contributed by atoms with Crippen LogP contribution in [0.3, 0.4) is 0 Å². The van der Waals surface area contributed by atoms with Gasteiger partial charge < -0.3 is 18.6 Å². The molecule has 174 valence electrons. The Morgan fingerprint density at radius 2 is 1.88 bits per heavy atom. The zero-order chi connectivity index (χ0) is 24.0. The van der Waals surface area contributed by atoms with Crippen molar-refractivity contribution in [2.75, 3.05) is 20.8 Å². The van der Waals surface area contributed by atoms with Crippen molar-refractivity contribution >= 4 is 23.7 Å². The normalized spacial score (nSPS) is 11.5. The number of hydrogen-bond acceptors (Lipinski definition) is 7. The van der Waals surface area contributed by atoms with Crippen LogP contribution in [0.5, 0.6) is 5.75 Å². The number of aromatic nitrogens is 1. The Kier molecular flexibility index (Phi) is 7.89. The number of amides is 1. The number of oxazole rings is 1. The summed E-state index contributed by atoms with van der Waals surface area (Å²) in [7, 11) is 2.24. The lowest BCUT2D eigenvalue weighted by molar-refractivity contribution is -0.143. The van der Waals surface area contributed by atoms with Crippen LogP contribution < -0.4 is 4.74 Å². The van der Waals surface area contributed by atoms with E-state index < -0.39 is 24.9 Å². The Balaban J connectivity index is 1.73. The van der Waals surface area contributed by atoms with Gasteiger partial charge in [0.05, 0.1) is 14.2 Å². The van der Waals surface area contributed by atoms with Crippen molar-refractivity contribution in [2.24, 2.45) is 0 Å². The van der Waals surface area contributed by atoms with Crippen molar-refractivity contribution < 1.29 is 32.6 Å². The van der Waals surface area contributed by atoms with E-state index in [0.717, 1.165) is 19.8 Å². The monoisotopic (exact) mass is 476 g/mol. The molecule has 3 rings (SSSR count). The average molecular weight is 477 g/mol. The number of carbonyl (C=O) groups excluding carboxylic acids is 2. The summed E-state index contributed by atoms with van der Waals surface area (Å²) in [6.07, 6.45) is -2.96. The number of ether oxygens (including phenoxy) is 3. The van der Waals surface area contributed by atoms with Gasteiger partial charge in [-0.2, -0.15) is 0 Å². The summed E-state index contributed by atoms with van der Waals surface area (Å²) in [5, 5.41) is 0.606. The number of carbonyl (C=O) groups is 2. The van der Waals surface area contributed by atoms with Crippen molar-refractivity contribution in [3.8, 4) is 17.2 Å². The molecule has 1 amide bonds. The molecule has 10 heteroatoms. The molecule has 0 bridgehead atoms. The fourth-order valence-electron chi connectivity index (χ4n) is 2.92. The van der Waals surface area contributed by atoms with E-state index in [4.69, 9.17) is 20.8 Å². The lowest BCUT2D eigenvalue weighted by Crippen LogP contribution is -2.37. The molecule has 1 unspecified atom stereocenters. The van der Waals surface area contributed by atoms with E-state index in [-0.39, 0.29) is 12.2 Å². The first-order chi connectivity index (χ1) is 15.8. The molecule has 0 saturated heterocycles. The zero-order valence-electron chi connectivity index (χ0n) is 18.2. The van der Waals surface area contributed by atoms with Crippen LogP contribution >= 0.6 is 11.6 Å². The van der Waals surface area contributed by atoms with Crippen LogP contribution in [0, 0.1) is 6.92 Å². The van der Waals surface area contributed by atoms with E-state index in [9.17, 15) is 9.59 Å². The smallest absolute Gasteiger partial charge is 0.412 e. The highest BCUT2D eigenvalue weighted by molar-refractivity contribution is 6.30. The average Bonchev–Trinajstić information content (AvgIpc) is 3.21. The molecule has 0 aliphatic rings. The Morgan fingerprint density at radius 1 is 1.15 bits per heavy atom. The van der Waals surface area contributed by atoms with Crippen molar-refractivity contribution in [3.05, 3.63) is 70.6 Å². The van der Waals surface area contributed by atoms with E-state index in [2.05, 4.69) is 14.5 Å². The van der Waals surface area contributed by atoms with Crippen LogP contribution in [0.2, 0.25) is 5.02 Å². The maximum atomic E-state index is 15.1. The van der Waals surface area contributed by atoms with E-state index in [1.165, 1.54) is 12.1 Å². The number of aryl methyl sites for hydroxylation is 1. The molecule has 0 fully saturated rings. The molecule has 0 radical (unpaired) electrons. The molecule has 1 aromatic heterocycles. The Morgan fingerprint density at radius 3 is 2.55 bits per heavy atom. The van der Waals surface area contributed by atoms with Gasteiger partial charge in [0.15, 0.2) is 0 Å². The fourth-order valence-corrected chi connectivity index (χ4v) is 3.05. The first-order valence-corrected chi connectivity index (χ1v) is 10.2. The summed E-state index contributed by atoms with van der Waals surface area (Å²) in [6, 6.07) is 13.2. The number of nitrogens with zero attached hydrogens (tertiary/aromatic N) is 2. The molecule has 8 nitrogen and oxygen atoms in total. The molecule has 0 N–H and O–H groups in total. The van der Waals surface area contributed by atoms with Gasteiger partial charge in [-0.3, -0.25) is 9.69 Å². The van der Waals surface area contributed by atoms with Gasteiger partial charge in [-0.25, -0.2) is 14.2 Å². The first kappa shape index (κ1) is 24.1. The number of benzene rings is 2. The molecule has 3 aromatic rings. The highest BCUT2D eigenvalue weighted by atomic mass is 35.5. The summed E-state index contributed by atoms with van der Waals surface area (Å²) in [4.78, 5) is 28.6. The number of hydrogen-bond donors (Lipinski definition) is 0. The quantitative estimate of drug-likeness (QED) is 0.330. The predicted octanol–water partition coefficient (Wildman–Crippen LogP) is 5.09. The van der Waals surface area contributed by atoms with Crippen LogP contribution in [0.25, 0.3) is 11.5 Å². The summed E-state index contributed by atoms with van der Waals surface area (Å²) >= 11 is 5.92. The van der Waals surface area contributed by atoms with Gasteiger partial charge in [0.2, 0.25) is 12.2 Å². The molecule has 0 aliphatic carbocycles. The molecule has 0 saturated carbocycles. The molecular weight excluding hydrogens is 455 g/mol. The standard InChI is InChI=1S/C23H22ClFN2O6/c1-14-19(26-22(33-14)15-7-9-17(24)10-8-15)13-32-18-6-4-5-16(11-18)21(25)27(23(29)31-3)12-20(28)30-2/h4-11,21H,12-13H2,1-3H3. The fraction of sp³-hybridized carbons (Fsp3) is 0.261. The Hall–Kier alpha value is -3.59. The van der Waals surface area contributed by atoms with Crippen LogP contribution in [0.15, 0.2) is 52.9 Å². The zero-order valence-corrected chi connectivity index (χ0v) is 19.0.